The molecule has 0 aliphatic heterocycles. The summed E-state index contributed by atoms with van der Waals surface area (Å²) < 4.78 is 0. The Morgan fingerprint density at radius 1 is 0.950 bits per heavy atom. The zero-order valence-corrected chi connectivity index (χ0v) is 12.2. The molecule has 1 unspecified atom stereocenters. The van der Waals surface area contributed by atoms with E-state index in [9.17, 15) is 0 Å². The Balaban J connectivity index is 2.17. The van der Waals surface area contributed by atoms with Crippen LogP contribution in [0.4, 0.5) is 0 Å². The summed E-state index contributed by atoms with van der Waals surface area (Å²) in [5.41, 5.74) is 8.53. The fourth-order valence-corrected chi connectivity index (χ4v) is 2.71. The SMILES string of the molecule is CCC(c1ccccc1)N(CCN)Cc1ccccc1. The number of hydrogen-bond donors (Lipinski definition) is 1. The minimum atomic E-state index is 0.431. The lowest BCUT2D eigenvalue weighted by molar-refractivity contribution is 0.188. The van der Waals surface area contributed by atoms with Crippen molar-refractivity contribution < 1.29 is 0 Å². The van der Waals surface area contributed by atoms with Crippen molar-refractivity contribution in [3.05, 3.63) is 71.8 Å². The maximum Gasteiger partial charge on any atom is 0.0349 e. The topological polar surface area (TPSA) is 29.3 Å². The molecule has 0 bridgehead atoms. The van der Waals surface area contributed by atoms with Crippen LogP contribution in [0.15, 0.2) is 60.7 Å². The zero-order valence-electron chi connectivity index (χ0n) is 12.2. The van der Waals surface area contributed by atoms with E-state index in [1.807, 2.05) is 0 Å². The molecule has 106 valence electrons. The van der Waals surface area contributed by atoms with Crippen LogP contribution < -0.4 is 5.73 Å². The third-order valence-corrected chi connectivity index (χ3v) is 3.66. The van der Waals surface area contributed by atoms with Crippen molar-refractivity contribution in [2.24, 2.45) is 5.73 Å². The molecule has 0 radical (unpaired) electrons. The molecule has 0 aliphatic carbocycles. The van der Waals surface area contributed by atoms with Crippen molar-refractivity contribution in [3.63, 3.8) is 0 Å². The van der Waals surface area contributed by atoms with Crippen molar-refractivity contribution in [1.82, 2.24) is 4.90 Å². The van der Waals surface area contributed by atoms with E-state index in [4.69, 9.17) is 5.73 Å². The highest BCUT2D eigenvalue weighted by molar-refractivity contribution is 5.20. The first-order valence-corrected chi connectivity index (χ1v) is 7.38. The van der Waals surface area contributed by atoms with Gasteiger partial charge in [-0.1, -0.05) is 67.6 Å². The summed E-state index contributed by atoms with van der Waals surface area (Å²) in [4.78, 5) is 2.48. The lowest BCUT2D eigenvalue weighted by atomic mass is 10.0. The third kappa shape index (κ3) is 3.92. The van der Waals surface area contributed by atoms with E-state index in [2.05, 4.69) is 72.5 Å². The lowest BCUT2D eigenvalue weighted by Crippen LogP contribution is -2.32. The van der Waals surface area contributed by atoms with Crippen LogP contribution in [0.2, 0.25) is 0 Å². The van der Waals surface area contributed by atoms with Gasteiger partial charge >= 0.3 is 0 Å². The van der Waals surface area contributed by atoms with Gasteiger partial charge in [-0.2, -0.15) is 0 Å². The monoisotopic (exact) mass is 268 g/mol. The number of benzene rings is 2. The van der Waals surface area contributed by atoms with Gasteiger partial charge in [0, 0.05) is 25.7 Å². The zero-order chi connectivity index (χ0) is 14.2. The molecule has 2 aromatic carbocycles. The number of nitrogens with zero attached hydrogens (tertiary/aromatic N) is 1. The quantitative estimate of drug-likeness (QED) is 0.831. The first kappa shape index (κ1) is 14.8. The second-order valence-corrected chi connectivity index (χ2v) is 5.08. The van der Waals surface area contributed by atoms with Crippen LogP contribution in [-0.4, -0.2) is 18.0 Å². The Kier molecular flexibility index (Phi) is 5.78. The summed E-state index contributed by atoms with van der Waals surface area (Å²) in [7, 11) is 0. The molecule has 2 heteroatoms. The molecule has 0 fully saturated rings. The number of nitrogens with two attached hydrogens (primary N) is 1. The second-order valence-electron chi connectivity index (χ2n) is 5.08. The maximum atomic E-state index is 5.81. The van der Waals surface area contributed by atoms with Gasteiger partial charge < -0.3 is 5.73 Å². The molecule has 0 saturated heterocycles. The molecule has 2 aromatic rings. The Morgan fingerprint density at radius 3 is 2.10 bits per heavy atom. The van der Waals surface area contributed by atoms with Gasteiger partial charge in [0.25, 0.3) is 0 Å². The van der Waals surface area contributed by atoms with Crippen LogP contribution in [0.1, 0.15) is 30.5 Å². The molecule has 2 N–H and O–H groups in total. The highest BCUT2D eigenvalue weighted by Gasteiger charge is 2.18. The molecule has 0 spiro atoms. The molecule has 0 aromatic heterocycles. The summed E-state index contributed by atoms with van der Waals surface area (Å²) in [6.45, 7) is 4.80. The summed E-state index contributed by atoms with van der Waals surface area (Å²) in [5, 5.41) is 0. The van der Waals surface area contributed by atoms with Crippen molar-refractivity contribution in [1.29, 1.82) is 0 Å². The van der Waals surface area contributed by atoms with Crippen LogP contribution >= 0.6 is 0 Å². The van der Waals surface area contributed by atoms with Crippen molar-refractivity contribution in [2.45, 2.75) is 25.9 Å². The molecule has 0 amide bonds. The highest BCUT2D eigenvalue weighted by atomic mass is 15.2. The second kappa shape index (κ2) is 7.83. The van der Waals surface area contributed by atoms with Gasteiger partial charge in [-0.05, 0) is 17.5 Å². The van der Waals surface area contributed by atoms with Gasteiger partial charge in [0.05, 0.1) is 0 Å². The maximum absolute atomic E-state index is 5.81. The van der Waals surface area contributed by atoms with E-state index in [-0.39, 0.29) is 0 Å². The van der Waals surface area contributed by atoms with Crippen molar-refractivity contribution in [3.8, 4) is 0 Å². The minimum Gasteiger partial charge on any atom is -0.329 e. The summed E-state index contributed by atoms with van der Waals surface area (Å²) in [5.74, 6) is 0. The van der Waals surface area contributed by atoms with E-state index < -0.39 is 0 Å². The standard InChI is InChI=1S/C18H24N2/c1-2-18(17-11-7-4-8-12-17)20(14-13-19)15-16-9-5-3-6-10-16/h3-12,18H,2,13-15,19H2,1H3. The number of rotatable bonds is 7. The largest absolute Gasteiger partial charge is 0.329 e. The summed E-state index contributed by atoms with van der Waals surface area (Å²) >= 11 is 0. The lowest BCUT2D eigenvalue weighted by Gasteiger charge is -2.31. The molecular formula is C18H24N2. The molecule has 20 heavy (non-hydrogen) atoms. The van der Waals surface area contributed by atoms with E-state index in [1.54, 1.807) is 0 Å². The Labute approximate surface area is 122 Å². The smallest absolute Gasteiger partial charge is 0.0349 e. The Bertz CT molecular complexity index is 481. The van der Waals surface area contributed by atoms with Crippen LogP contribution in [0.25, 0.3) is 0 Å². The molecule has 0 saturated carbocycles. The van der Waals surface area contributed by atoms with Gasteiger partial charge in [-0.15, -0.1) is 0 Å². The minimum absolute atomic E-state index is 0.431. The fourth-order valence-electron chi connectivity index (χ4n) is 2.71. The van der Waals surface area contributed by atoms with Crippen molar-refractivity contribution >= 4 is 0 Å². The first-order valence-electron chi connectivity index (χ1n) is 7.38. The first-order chi connectivity index (χ1) is 9.85. The number of hydrogen-bond acceptors (Lipinski definition) is 2. The van der Waals surface area contributed by atoms with Gasteiger partial charge in [-0.25, -0.2) is 0 Å². The van der Waals surface area contributed by atoms with Crippen LogP contribution in [0.3, 0.4) is 0 Å². The molecule has 2 rings (SSSR count). The van der Waals surface area contributed by atoms with Crippen molar-refractivity contribution in [2.75, 3.05) is 13.1 Å². The summed E-state index contributed by atoms with van der Waals surface area (Å²) in [6.07, 6.45) is 1.09. The van der Waals surface area contributed by atoms with E-state index >= 15 is 0 Å². The van der Waals surface area contributed by atoms with Crippen LogP contribution in [0, 0.1) is 0 Å². The molecule has 2 nitrogen and oxygen atoms in total. The Morgan fingerprint density at radius 2 is 1.55 bits per heavy atom. The highest BCUT2D eigenvalue weighted by Crippen LogP contribution is 2.25. The van der Waals surface area contributed by atoms with Gasteiger partial charge in [0.2, 0.25) is 0 Å². The van der Waals surface area contributed by atoms with E-state index in [0.717, 1.165) is 19.5 Å². The molecule has 0 heterocycles. The van der Waals surface area contributed by atoms with Crippen LogP contribution in [0.5, 0.6) is 0 Å². The Hall–Kier alpha value is -1.64. The molecule has 0 aliphatic rings. The van der Waals surface area contributed by atoms with Gasteiger partial charge in [0.1, 0.15) is 0 Å². The predicted molar refractivity (Wildman–Crippen MR) is 85.4 cm³/mol. The molecule has 1 atom stereocenters. The average Bonchev–Trinajstić information content (AvgIpc) is 2.50. The van der Waals surface area contributed by atoms with E-state index in [0.29, 0.717) is 12.6 Å². The fraction of sp³-hybridized carbons (Fsp3) is 0.333. The van der Waals surface area contributed by atoms with Gasteiger partial charge in [-0.3, -0.25) is 4.90 Å². The van der Waals surface area contributed by atoms with E-state index in [1.165, 1.54) is 11.1 Å². The van der Waals surface area contributed by atoms with Crippen LogP contribution in [-0.2, 0) is 6.54 Å². The third-order valence-electron chi connectivity index (χ3n) is 3.66. The molecular weight excluding hydrogens is 244 g/mol. The predicted octanol–water partition coefficient (Wildman–Crippen LogP) is 3.60. The average molecular weight is 268 g/mol. The van der Waals surface area contributed by atoms with Gasteiger partial charge in [0.15, 0.2) is 0 Å². The normalized spacial score (nSPS) is 12.6. The summed E-state index contributed by atoms with van der Waals surface area (Å²) in [6, 6.07) is 21.8.